The van der Waals surface area contributed by atoms with Crippen LogP contribution in [0.5, 0.6) is 0 Å². The van der Waals surface area contributed by atoms with Gasteiger partial charge in [0.05, 0.1) is 12.7 Å². The molecule has 4 rings (SSSR count). The Bertz CT molecular complexity index is 1050. The smallest absolute Gasteiger partial charge is 0.245 e. The molecule has 0 atom stereocenters. The SMILES string of the molecule is CCn1ncc(NC(=O)Cn2ccc3cc(-c4cncnc4)ccc32)n1. The van der Waals surface area contributed by atoms with E-state index in [4.69, 9.17) is 0 Å². The Balaban J connectivity index is 1.53. The zero-order valence-electron chi connectivity index (χ0n) is 14.2. The molecule has 0 aliphatic rings. The summed E-state index contributed by atoms with van der Waals surface area (Å²) in [7, 11) is 0. The van der Waals surface area contributed by atoms with Crippen molar-refractivity contribution in [1.82, 2.24) is 29.5 Å². The first-order chi connectivity index (χ1) is 12.7. The number of carbonyl (C=O) groups is 1. The first-order valence-electron chi connectivity index (χ1n) is 8.27. The molecule has 0 aliphatic heterocycles. The van der Waals surface area contributed by atoms with Gasteiger partial charge in [0.2, 0.25) is 5.91 Å². The number of aryl methyl sites for hydroxylation is 1. The van der Waals surface area contributed by atoms with E-state index < -0.39 is 0 Å². The lowest BCUT2D eigenvalue weighted by atomic mass is 10.1. The monoisotopic (exact) mass is 347 g/mol. The normalized spacial score (nSPS) is 11.0. The molecule has 3 heterocycles. The number of fused-ring (bicyclic) bond motifs is 1. The first-order valence-corrected chi connectivity index (χ1v) is 8.27. The second kappa shape index (κ2) is 6.75. The second-order valence-corrected chi connectivity index (χ2v) is 5.81. The number of carbonyl (C=O) groups excluding carboxylic acids is 1. The van der Waals surface area contributed by atoms with Crippen molar-refractivity contribution in [3.63, 3.8) is 0 Å². The van der Waals surface area contributed by atoms with Crippen LogP contribution in [0.15, 0.2) is 55.4 Å². The van der Waals surface area contributed by atoms with Gasteiger partial charge in [0.25, 0.3) is 0 Å². The average Bonchev–Trinajstić information content (AvgIpc) is 3.29. The number of nitrogens with one attached hydrogen (secondary N) is 1. The fourth-order valence-electron chi connectivity index (χ4n) is 2.81. The van der Waals surface area contributed by atoms with Crippen LogP contribution in [-0.2, 0) is 17.9 Å². The molecule has 0 radical (unpaired) electrons. The number of hydrogen-bond acceptors (Lipinski definition) is 5. The Morgan fingerprint density at radius 2 is 1.96 bits per heavy atom. The third-order valence-electron chi connectivity index (χ3n) is 4.07. The molecule has 0 saturated carbocycles. The van der Waals surface area contributed by atoms with Gasteiger partial charge in [-0.1, -0.05) is 6.07 Å². The van der Waals surface area contributed by atoms with Crippen LogP contribution >= 0.6 is 0 Å². The number of aromatic nitrogens is 6. The Morgan fingerprint density at radius 1 is 1.12 bits per heavy atom. The highest BCUT2D eigenvalue weighted by atomic mass is 16.2. The Labute approximate surface area is 149 Å². The van der Waals surface area contributed by atoms with Gasteiger partial charge in [-0.3, -0.25) is 4.79 Å². The van der Waals surface area contributed by atoms with E-state index in [9.17, 15) is 4.79 Å². The van der Waals surface area contributed by atoms with Crippen molar-refractivity contribution < 1.29 is 4.79 Å². The Morgan fingerprint density at radius 3 is 2.73 bits per heavy atom. The lowest BCUT2D eigenvalue weighted by Crippen LogP contribution is -2.18. The summed E-state index contributed by atoms with van der Waals surface area (Å²) in [6, 6.07) is 8.05. The molecule has 130 valence electrons. The van der Waals surface area contributed by atoms with Crippen molar-refractivity contribution in [3.8, 4) is 11.1 Å². The van der Waals surface area contributed by atoms with Crippen LogP contribution in [0.1, 0.15) is 6.92 Å². The third-order valence-corrected chi connectivity index (χ3v) is 4.07. The molecular formula is C18H17N7O. The summed E-state index contributed by atoms with van der Waals surface area (Å²) in [6.45, 7) is 2.80. The van der Waals surface area contributed by atoms with Gasteiger partial charge in [0.1, 0.15) is 12.9 Å². The highest BCUT2D eigenvalue weighted by Gasteiger charge is 2.09. The number of nitrogens with zero attached hydrogens (tertiary/aromatic N) is 6. The standard InChI is InChI=1S/C18H17N7O/c1-2-25-21-10-17(23-25)22-18(26)11-24-6-5-14-7-13(3-4-16(14)24)15-8-19-12-20-9-15/h3-10,12H,2,11H2,1H3,(H,22,23,26). The molecule has 1 amide bonds. The fraction of sp³-hybridized carbons (Fsp3) is 0.167. The van der Waals surface area contributed by atoms with E-state index in [1.54, 1.807) is 18.6 Å². The van der Waals surface area contributed by atoms with E-state index in [0.29, 0.717) is 12.4 Å². The van der Waals surface area contributed by atoms with Crippen molar-refractivity contribution in [1.29, 1.82) is 0 Å². The van der Waals surface area contributed by atoms with Crippen LogP contribution < -0.4 is 5.32 Å². The predicted molar refractivity (Wildman–Crippen MR) is 97.3 cm³/mol. The predicted octanol–water partition coefficient (Wildman–Crippen LogP) is 2.35. The Kier molecular flexibility index (Phi) is 4.14. The van der Waals surface area contributed by atoms with Crippen LogP contribution in [0.2, 0.25) is 0 Å². The minimum atomic E-state index is -0.147. The van der Waals surface area contributed by atoms with Gasteiger partial charge in [0.15, 0.2) is 5.82 Å². The van der Waals surface area contributed by atoms with Crippen LogP contribution in [0, 0.1) is 0 Å². The molecule has 0 aliphatic carbocycles. The number of rotatable bonds is 5. The molecule has 0 spiro atoms. The molecule has 4 aromatic rings. The molecular weight excluding hydrogens is 330 g/mol. The van der Waals surface area contributed by atoms with Crippen molar-refractivity contribution in [2.45, 2.75) is 20.0 Å². The molecule has 0 fully saturated rings. The van der Waals surface area contributed by atoms with E-state index in [2.05, 4.69) is 31.5 Å². The van der Waals surface area contributed by atoms with Gasteiger partial charge >= 0.3 is 0 Å². The van der Waals surface area contributed by atoms with Crippen molar-refractivity contribution in [2.75, 3.05) is 5.32 Å². The van der Waals surface area contributed by atoms with Gasteiger partial charge in [-0.05, 0) is 30.7 Å². The summed E-state index contributed by atoms with van der Waals surface area (Å²) in [5.41, 5.74) is 2.98. The van der Waals surface area contributed by atoms with Crippen LogP contribution in [0.25, 0.3) is 22.0 Å². The molecule has 3 aromatic heterocycles. The van der Waals surface area contributed by atoms with E-state index in [0.717, 1.165) is 22.0 Å². The fourth-order valence-corrected chi connectivity index (χ4v) is 2.81. The average molecular weight is 347 g/mol. The number of benzene rings is 1. The quantitative estimate of drug-likeness (QED) is 0.598. The van der Waals surface area contributed by atoms with Gasteiger partial charge in [-0.25, -0.2) is 9.97 Å². The molecule has 8 heteroatoms. The zero-order valence-corrected chi connectivity index (χ0v) is 14.2. The molecule has 0 bridgehead atoms. The third kappa shape index (κ3) is 3.16. The van der Waals surface area contributed by atoms with Crippen LogP contribution in [0.3, 0.4) is 0 Å². The van der Waals surface area contributed by atoms with Crippen molar-refractivity contribution >= 4 is 22.6 Å². The van der Waals surface area contributed by atoms with E-state index >= 15 is 0 Å². The van der Waals surface area contributed by atoms with E-state index in [1.807, 2.05) is 35.9 Å². The summed E-state index contributed by atoms with van der Waals surface area (Å²) < 4.78 is 1.90. The summed E-state index contributed by atoms with van der Waals surface area (Å²) >= 11 is 0. The van der Waals surface area contributed by atoms with Gasteiger partial charge in [0, 0.05) is 35.1 Å². The second-order valence-electron chi connectivity index (χ2n) is 5.81. The summed E-state index contributed by atoms with van der Waals surface area (Å²) in [5, 5.41) is 12.0. The maximum atomic E-state index is 12.3. The molecule has 0 unspecified atom stereocenters. The largest absolute Gasteiger partial charge is 0.338 e. The van der Waals surface area contributed by atoms with Crippen LogP contribution in [0.4, 0.5) is 5.82 Å². The summed E-state index contributed by atoms with van der Waals surface area (Å²) in [5.74, 6) is 0.311. The minimum Gasteiger partial charge on any atom is -0.338 e. The van der Waals surface area contributed by atoms with E-state index in [-0.39, 0.29) is 12.5 Å². The van der Waals surface area contributed by atoms with Crippen molar-refractivity contribution in [3.05, 3.63) is 55.4 Å². The van der Waals surface area contributed by atoms with Crippen LogP contribution in [-0.4, -0.2) is 35.4 Å². The number of amides is 1. The molecule has 0 saturated heterocycles. The molecule has 1 N–H and O–H groups in total. The Hall–Kier alpha value is -3.55. The zero-order chi connectivity index (χ0) is 17.9. The molecule has 26 heavy (non-hydrogen) atoms. The molecule has 8 nitrogen and oxygen atoms in total. The topological polar surface area (TPSA) is 90.5 Å². The highest BCUT2D eigenvalue weighted by molar-refractivity contribution is 5.91. The van der Waals surface area contributed by atoms with Gasteiger partial charge in [-0.2, -0.15) is 9.90 Å². The summed E-state index contributed by atoms with van der Waals surface area (Å²) in [6.07, 6.45) is 8.52. The first kappa shape index (κ1) is 15.9. The van der Waals surface area contributed by atoms with E-state index in [1.165, 1.54) is 11.1 Å². The number of anilines is 1. The lowest BCUT2D eigenvalue weighted by molar-refractivity contribution is -0.116. The maximum Gasteiger partial charge on any atom is 0.245 e. The minimum absolute atomic E-state index is 0.147. The van der Waals surface area contributed by atoms with Gasteiger partial charge in [-0.15, -0.1) is 5.10 Å². The van der Waals surface area contributed by atoms with Crippen molar-refractivity contribution in [2.24, 2.45) is 0 Å². The summed E-state index contributed by atoms with van der Waals surface area (Å²) in [4.78, 5) is 21.9. The highest BCUT2D eigenvalue weighted by Crippen LogP contribution is 2.24. The maximum absolute atomic E-state index is 12.3. The van der Waals surface area contributed by atoms with Gasteiger partial charge < -0.3 is 9.88 Å². The lowest BCUT2D eigenvalue weighted by Gasteiger charge is -2.06. The molecule has 1 aromatic carbocycles. The number of hydrogen-bond donors (Lipinski definition) is 1.